The summed E-state index contributed by atoms with van der Waals surface area (Å²) >= 11 is 0. The molecule has 4 nitrogen and oxygen atoms in total. The molecular formula is C24H27F2NO3. The minimum absolute atomic E-state index is 0.132. The van der Waals surface area contributed by atoms with Crippen molar-refractivity contribution >= 4 is 0 Å². The van der Waals surface area contributed by atoms with Gasteiger partial charge in [0.2, 0.25) is 0 Å². The molecule has 0 atom stereocenters. The van der Waals surface area contributed by atoms with E-state index in [9.17, 15) is 8.78 Å². The smallest absolute Gasteiger partial charge is 0.189 e. The fraction of sp³-hybridized carbons (Fsp3) is 0.292. The average Bonchev–Trinajstić information content (AvgIpc) is 2.79. The summed E-state index contributed by atoms with van der Waals surface area (Å²) in [6.07, 6.45) is 2.50. The molecule has 0 saturated carbocycles. The van der Waals surface area contributed by atoms with Crippen LogP contribution >= 0.6 is 0 Å². The van der Waals surface area contributed by atoms with E-state index in [4.69, 9.17) is 14.2 Å². The Balaban J connectivity index is 0.00000155. The zero-order chi connectivity index (χ0) is 21.8. The van der Waals surface area contributed by atoms with E-state index >= 15 is 0 Å². The Morgan fingerprint density at radius 1 is 0.867 bits per heavy atom. The third kappa shape index (κ3) is 6.81. The third-order valence-corrected chi connectivity index (χ3v) is 3.97. The van der Waals surface area contributed by atoms with Crippen molar-refractivity contribution < 1.29 is 23.0 Å². The first-order chi connectivity index (χ1) is 14.7. The molecule has 3 rings (SSSR count). The van der Waals surface area contributed by atoms with Gasteiger partial charge in [0.1, 0.15) is 29.7 Å². The van der Waals surface area contributed by atoms with Crippen LogP contribution in [0, 0.1) is 11.6 Å². The number of nitrogens with zero attached hydrogens (tertiary/aromatic N) is 1. The van der Waals surface area contributed by atoms with Gasteiger partial charge in [-0.1, -0.05) is 26.8 Å². The van der Waals surface area contributed by atoms with E-state index < -0.39 is 11.6 Å². The van der Waals surface area contributed by atoms with Crippen molar-refractivity contribution in [3.05, 3.63) is 78.0 Å². The average molecular weight is 415 g/mol. The van der Waals surface area contributed by atoms with Crippen LogP contribution in [0.3, 0.4) is 0 Å². The molecule has 0 N–H and O–H groups in total. The van der Waals surface area contributed by atoms with Crippen molar-refractivity contribution in [2.24, 2.45) is 0 Å². The predicted molar refractivity (Wildman–Crippen MR) is 113 cm³/mol. The molecule has 30 heavy (non-hydrogen) atoms. The molecule has 3 aromatic rings. The summed E-state index contributed by atoms with van der Waals surface area (Å²) in [6.45, 7) is 6.61. The summed E-state index contributed by atoms with van der Waals surface area (Å²) in [5.74, 6) is -0.239. The molecule has 0 saturated heterocycles. The van der Waals surface area contributed by atoms with E-state index in [2.05, 4.69) is 4.98 Å². The van der Waals surface area contributed by atoms with Crippen molar-refractivity contribution in [1.29, 1.82) is 0 Å². The minimum atomic E-state index is -0.673. The van der Waals surface area contributed by atoms with Crippen molar-refractivity contribution in [2.45, 2.75) is 33.8 Å². The summed E-state index contributed by atoms with van der Waals surface area (Å²) in [4.78, 5) is 4.11. The SMILES string of the molecule is CC.CCCOCOc1ccc(OCc2c(F)cc(-c3ccccn3)cc2F)cc1. The highest BCUT2D eigenvalue weighted by molar-refractivity contribution is 5.59. The van der Waals surface area contributed by atoms with Gasteiger partial charge < -0.3 is 14.2 Å². The first kappa shape index (κ1) is 23.3. The van der Waals surface area contributed by atoms with Gasteiger partial charge in [0, 0.05) is 11.8 Å². The molecule has 0 bridgehead atoms. The number of aromatic nitrogens is 1. The Labute approximate surface area is 176 Å². The summed E-state index contributed by atoms with van der Waals surface area (Å²) < 4.78 is 44.9. The molecule has 0 aliphatic carbocycles. The van der Waals surface area contributed by atoms with Gasteiger partial charge in [-0.3, -0.25) is 4.98 Å². The van der Waals surface area contributed by atoms with Crippen LogP contribution in [-0.2, 0) is 11.3 Å². The molecule has 0 fully saturated rings. The van der Waals surface area contributed by atoms with Crippen LogP contribution in [-0.4, -0.2) is 18.4 Å². The van der Waals surface area contributed by atoms with Crippen molar-refractivity contribution in [3.63, 3.8) is 0 Å². The molecule has 0 unspecified atom stereocenters. The third-order valence-electron chi connectivity index (χ3n) is 3.97. The van der Waals surface area contributed by atoms with E-state index in [1.807, 2.05) is 20.8 Å². The monoisotopic (exact) mass is 415 g/mol. The first-order valence-corrected chi connectivity index (χ1v) is 10.00. The van der Waals surface area contributed by atoms with Crippen molar-refractivity contribution in [1.82, 2.24) is 4.98 Å². The maximum absolute atomic E-state index is 14.4. The summed E-state index contributed by atoms with van der Waals surface area (Å²) in [7, 11) is 0. The molecule has 160 valence electrons. The highest BCUT2D eigenvalue weighted by Crippen LogP contribution is 2.25. The van der Waals surface area contributed by atoms with Crippen LogP contribution in [0.1, 0.15) is 32.8 Å². The van der Waals surface area contributed by atoms with Crippen LogP contribution in [0.4, 0.5) is 8.78 Å². The number of rotatable bonds is 9. The van der Waals surface area contributed by atoms with Gasteiger partial charge in [-0.05, 0) is 55.0 Å². The highest BCUT2D eigenvalue weighted by atomic mass is 19.1. The topological polar surface area (TPSA) is 40.6 Å². The first-order valence-electron chi connectivity index (χ1n) is 10.00. The fourth-order valence-corrected chi connectivity index (χ4v) is 2.52. The van der Waals surface area contributed by atoms with Crippen molar-refractivity contribution in [2.75, 3.05) is 13.4 Å². The molecule has 1 heterocycles. The molecule has 2 aromatic carbocycles. The molecule has 0 amide bonds. The standard InChI is InChI=1S/C22H21F2NO3.C2H6/c1-2-11-26-15-28-18-8-6-17(7-9-18)27-14-19-20(23)12-16(13-21(19)24)22-5-3-4-10-25-22;1-2/h3-10,12-13H,2,11,14-15H2,1H3;1-2H3. The van der Waals surface area contributed by atoms with Crippen LogP contribution in [0.2, 0.25) is 0 Å². The molecule has 0 aliphatic heterocycles. The van der Waals surface area contributed by atoms with Gasteiger partial charge in [0.05, 0.1) is 17.9 Å². The Hall–Kier alpha value is -2.99. The second-order valence-corrected chi connectivity index (χ2v) is 6.06. The summed E-state index contributed by atoms with van der Waals surface area (Å²) in [5.41, 5.74) is 0.755. The van der Waals surface area contributed by atoms with E-state index in [0.29, 0.717) is 29.4 Å². The quantitative estimate of drug-likeness (QED) is 0.300. The molecular weight excluding hydrogens is 388 g/mol. The molecule has 1 aromatic heterocycles. The van der Waals surface area contributed by atoms with Crippen LogP contribution in [0.25, 0.3) is 11.3 Å². The number of pyridine rings is 1. The van der Waals surface area contributed by atoms with E-state index in [0.717, 1.165) is 6.42 Å². The lowest BCUT2D eigenvalue weighted by molar-refractivity contribution is 0.0156. The van der Waals surface area contributed by atoms with Gasteiger partial charge in [0.25, 0.3) is 0 Å². The maximum Gasteiger partial charge on any atom is 0.189 e. The number of hydrogen-bond acceptors (Lipinski definition) is 4. The Kier molecular flexibility index (Phi) is 9.74. The van der Waals surface area contributed by atoms with Crippen LogP contribution in [0.5, 0.6) is 11.5 Å². The Morgan fingerprint density at radius 2 is 1.50 bits per heavy atom. The zero-order valence-corrected chi connectivity index (χ0v) is 17.5. The normalized spacial score (nSPS) is 10.2. The molecule has 0 spiro atoms. The zero-order valence-electron chi connectivity index (χ0n) is 17.5. The number of hydrogen-bond donors (Lipinski definition) is 0. The lowest BCUT2D eigenvalue weighted by Gasteiger charge is -2.11. The molecule has 6 heteroatoms. The van der Waals surface area contributed by atoms with E-state index in [-0.39, 0.29) is 19.0 Å². The molecule has 0 aliphatic rings. The van der Waals surface area contributed by atoms with Crippen LogP contribution in [0.15, 0.2) is 60.8 Å². The second-order valence-electron chi connectivity index (χ2n) is 6.06. The van der Waals surface area contributed by atoms with Crippen molar-refractivity contribution in [3.8, 4) is 22.8 Å². The minimum Gasteiger partial charge on any atom is -0.489 e. The van der Waals surface area contributed by atoms with Gasteiger partial charge in [-0.25, -0.2) is 8.78 Å². The summed E-state index contributed by atoms with van der Waals surface area (Å²) in [6, 6.07) is 14.5. The van der Waals surface area contributed by atoms with Gasteiger partial charge in [0.15, 0.2) is 6.79 Å². The van der Waals surface area contributed by atoms with Gasteiger partial charge in [-0.2, -0.15) is 0 Å². The summed E-state index contributed by atoms with van der Waals surface area (Å²) in [5, 5.41) is 0. The number of benzene rings is 2. The Morgan fingerprint density at radius 3 is 2.07 bits per heavy atom. The second kappa shape index (κ2) is 12.5. The largest absolute Gasteiger partial charge is 0.489 e. The maximum atomic E-state index is 14.4. The lowest BCUT2D eigenvalue weighted by atomic mass is 10.1. The van der Waals surface area contributed by atoms with E-state index in [1.165, 1.54) is 12.1 Å². The number of halogens is 2. The fourth-order valence-electron chi connectivity index (χ4n) is 2.52. The van der Waals surface area contributed by atoms with Gasteiger partial charge in [-0.15, -0.1) is 0 Å². The number of ether oxygens (including phenoxy) is 3. The Bertz CT molecular complexity index is 864. The molecule has 0 radical (unpaired) electrons. The predicted octanol–water partition coefficient (Wildman–Crippen LogP) is 6.39. The highest BCUT2D eigenvalue weighted by Gasteiger charge is 2.13. The van der Waals surface area contributed by atoms with Crippen LogP contribution < -0.4 is 9.47 Å². The van der Waals surface area contributed by atoms with E-state index in [1.54, 1.807) is 48.7 Å². The lowest BCUT2D eigenvalue weighted by Crippen LogP contribution is -2.04. The van der Waals surface area contributed by atoms with Gasteiger partial charge >= 0.3 is 0 Å².